The minimum Gasteiger partial charge on any atom is -0.542 e. The largest absolute Gasteiger partial charge is 0.542 e. The van der Waals surface area contributed by atoms with Crippen LogP contribution in [0.4, 0.5) is 0 Å². The van der Waals surface area contributed by atoms with Crippen LogP contribution in [0.15, 0.2) is 60.7 Å². The second kappa shape index (κ2) is 56.5. The molecule has 0 aliphatic carbocycles. The number of rotatable bonds is 2. The predicted octanol–water partition coefficient (Wildman–Crippen LogP) is 6.81. The minimum atomic E-state index is 0. The van der Waals surface area contributed by atoms with E-state index >= 15 is 0 Å². The Balaban J connectivity index is -0.0000000261. The van der Waals surface area contributed by atoms with Crippen LogP contribution in [0, 0.1) is 7.43 Å². The average molecular weight is 554 g/mol. The van der Waals surface area contributed by atoms with Gasteiger partial charge in [-0.05, 0) is 0 Å². The molecule has 0 heterocycles. The van der Waals surface area contributed by atoms with E-state index in [-0.39, 0.29) is 95.1 Å². The maximum Gasteiger partial charge on any atom is 0.0627 e. The normalized spacial score (nSPS) is 5.55. The number of hydrogen-bond acceptors (Lipinski definition) is 3. The van der Waals surface area contributed by atoms with E-state index in [9.17, 15) is 9.59 Å². The molecule has 3 nitrogen and oxygen atoms in total. The SMILES string of the molecule is C.C.C.CC.CC.C[C-]=O.O=[C-]c1ccccc1.O=[C-]c1ccccc1.[CH3-].[Y].[Y]. The maximum atomic E-state index is 9.88. The van der Waals surface area contributed by atoms with E-state index in [1.54, 1.807) is 61.1 Å². The van der Waals surface area contributed by atoms with Gasteiger partial charge in [0.1, 0.15) is 0 Å². The first-order valence-corrected chi connectivity index (χ1v) is 7.43. The van der Waals surface area contributed by atoms with Gasteiger partial charge in [0.05, 0.1) is 12.6 Å². The second-order valence-electron chi connectivity index (χ2n) is 3.14. The van der Waals surface area contributed by atoms with Crippen LogP contribution in [0.2, 0.25) is 0 Å². The molecular formula is C24H40O3Y2-4. The van der Waals surface area contributed by atoms with Crippen molar-refractivity contribution >= 4 is 18.9 Å². The summed E-state index contributed by atoms with van der Waals surface area (Å²) in [6, 6.07) is 17.8. The molecular weight excluding hydrogens is 514 g/mol. The molecule has 29 heavy (non-hydrogen) atoms. The molecule has 0 fully saturated rings. The Kier molecular flexibility index (Phi) is 110. The van der Waals surface area contributed by atoms with E-state index in [1.165, 1.54) is 13.2 Å². The van der Waals surface area contributed by atoms with Crippen LogP contribution in [0.25, 0.3) is 0 Å². The van der Waals surface area contributed by atoms with Gasteiger partial charge in [0.15, 0.2) is 0 Å². The van der Waals surface area contributed by atoms with E-state index in [0.29, 0.717) is 11.1 Å². The summed E-state index contributed by atoms with van der Waals surface area (Å²) >= 11 is 0. The van der Waals surface area contributed by atoms with Crippen LogP contribution in [-0.4, -0.2) is 18.9 Å². The first kappa shape index (κ1) is 56.7. The molecule has 0 saturated heterocycles. The smallest absolute Gasteiger partial charge is 0.0627 e. The van der Waals surface area contributed by atoms with E-state index in [0.717, 1.165) is 0 Å². The quantitative estimate of drug-likeness (QED) is 0.384. The molecule has 0 amide bonds. The van der Waals surface area contributed by atoms with E-state index in [2.05, 4.69) is 0 Å². The van der Waals surface area contributed by atoms with Crippen molar-refractivity contribution in [3.63, 3.8) is 0 Å². The first-order valence-electron chi connectivity index (χ1n) is 7.43. The summed E-state index contributed by atoms with van der Waals surface area (Å²) in [4.78, 5) is 28.4. The minimum absolute atomic E-state index is 0. The molecule has 5 heteroatoms. The Bertz CT molecular complexity index is 432. The van der Waals surface area contributed by atoms with Gasteiger partial charge in [-0.1, -0.05) is 62.1 Å². The third-order valence-corrected chi connectivity index (χ3v) is 1.78. The molecule has 0 aliphatic heterocycles. The van der Waals surface area contributed by atoms with Crippen LogP contribution < -0.4 is 0 Å². The van der Waals surface area contributed by atoms with Gasteiger partial charge in [-0.2, -0.15) is 42.3 Å². The first-order chi connectivity index (χ1) is 11.3. The third kappa shape index (κ3) is 47.1. The van der Waals surface area contributed by atoms with E-state index < -0.39 is 0 Å². The zero-order valence-corrected chi connectivity index (χ0v) is 22.3. The summed E-state index contributed by atoms with van der Waals surface area (Å²) in [5.74, 6) is 0. The topological polar surface area (TPSA) is 51.2 Å². The molecule has 0 atom stereocenters. The molecule has 0 aliphatic rings. The third-order valence-electron chi connectivity index (χ3n) is 1.78. The second-order valence-corrected chi connectivity index (χ2v) is 3.14. The summed E-state index contributed by atoms with van der Waals surface area (Å²) in [7, 11) is 0. The predicted molar refractivity (Wildman–Crippen MR) is 123 cm³/mol. The molecule has 164 valence electrons. The fourth-order valence-corrected chi connectivity index (χ4v) is 1.01. The van der Waals surface area contributed by atoms with Gasteiger partial charge in [0, 0.05) is 65.4 Å². The molecule has 2 aromatic carbocycles. The molecule has 2 aromatic rings. The van der Waals surface area contributed by atoms with Crippen molar-refractivity contribution in [3.8, 4) is 0 Å². The Morgan fingerprint density at radius 2 is 0.724 bits per heavy atom. The van der Waals surface area contributed by atoms with Gasteiger partial charge < -0.3 is 21.8 Å². The number of benzene rings is 2. The molecule has 0 bridgehead atoms. The van der Waals surface area contributed by atoms with Crippen LogP contribution in [0.5, 0.6) is 0 Å². The van der Waals surface area contributed by atoms with Gasteiger partial charge in [0.25, 0.3) is 0 Å². The average Bonchev–Trinajstić information content (AvgIpc) is 2.67. The standard InChI is InChI=1S/2C7H5O.C2H3O.2C2H6.3CH4.CH3.2Y/c2*8-6-7-4-2-1-3-5-7;1-2-3;2*1-2;;;;;;/h2*1-5H;1H3;2*1-2H3;3*1H4;1H3;;/q3*-1;;;;;;-1;;. The van der Waals surface area contributed by atoms with Crippen LogP contribution in [-0.2, 0) is 79.8 Å². The van der Waals surface area contributed by atoms with Crippen molar-refractivity contribution in [2.24, 2.45) is 0 Å². The van der Waals surface area contributed by atoms with Crippen molar-refractivity contribution in [1.82, 2.24) is 0 Å². The van der Waals surface area contributed by atoms with Gasteiger partial charge in [-0.25, -0.2) is 0 Å². The molecule has 0 spiro atoms. The van der Waals surface area contributed by atoms with Crippen molar-refractivity contribution in [2.45, 2.75) is 56.9 Å². The number of carbonyl (C=O) groups excluding carboxylic acids is 3. The Morgan fingerprint density at radius 1 is 0.552 bits per heavy atom. The Hall–Kier alpha value is -0.342. The zero-order valence-electron chi connectivity index (χ0n) is 16.7. The maximum absolute atomic E-state index is 9.88. The Labute approximate surface area is 232 Å². The van der Waals surface area contributed by atoms with Gasteiger partial charge in [-0.15, -0.1) is 24.3 Å². The Morgan fingerprint density at radius 3 is 0.828 bits per heavy atom. The molecule has 0 saturated carbocycles. The summed E-state index contributed by atoms with van der Waals surface area (Å²) in [6.45, 7) is 9.32. The fraction of sp³-hybridized carbons (Fsp3) is 0.333. The van der Waals surface area contributed by atoms with Crippen molar-refractivity contribution in [3.05, 3.63) is 79.2 Å². The summed E-state index contributed by atoms with van der Waals surface area (Å²) in [5.41, 5.74) is 1.21. The van der Waals surface area contributed by atoms with Gasteiger partial charge in [-0.3, -0.25) is 6.29 Å². The van der Waals surface area contributed by atoms with Crippen molar-refractivity contribution < 1.29 is 79.8 Å². The van der Waals surface area contributed by atoms with E-state index in [4.69, 9.17) is 4.79 Å². The summed E-state index contributed by atoms with van der Waals surface area (Å²) in [6.07, 6.45) is 5.05. The molecule has 0 aromatic heterocycles. The molecule has 0 unspecified atom stereocenters. The van der Waals surface area contributed by atoms with Crippen molar-refractivity contribution in [1.29, 1.82) is 0 Å². The van der Waals surface area contributed by atoms with Gasteiger partial charge >= 0.3 is 0 Å². The molecule has 0 N–H and O–H groups in total. The van der Waals surface area contributed by atoms with Gasteiger partial charge in [0.2, 0.25) is 0 Å². The van der Waals surface area contributed by atoms with Crippen molar-refractivity contribution in [2.75, 3.05) is 0 Å². The monoisotopic (exact) mass is 554 g/mol. The van der Waals surface area contributed by atoms with Crippen LogP contribution in [0.1, 0.15) is 68.0 Å². The number of hydrogen-bond donors (Lipinski definition) is 0. The summed E-state index contributed by atoms with van der Waals surface area (Å²) < 4.78 is 0. The van der Waals surface area contributed by atoms with Crippen LogP contribution >= 0.6 is 0 Å². The summed E-state index contributed by atoms with van der Waals surface area (Å²) in [5, 5.41) is 0. The zero-order chi connectivity index (χ0) is 18.3. The van der Waals surface area contributed by atoms with E-state index in [1.807, 2.05) is 39.8 Å². The van der Waals surface area contributed by atoms with Crippen LogP contribution in [0.3, 0.4) is 0 Å². The molecule has 2 radical (unpaired) electrons. The fourth-order valence-electron chi connectivity index (χ4n) is 1.01. The molecule has 2 rings (SSSR count).